The van der Waals surface area contributed by atoms with E-state index in [1.54, 1.807) is 0 Å². The number of rotatable bonds is 4. The summed E-state index contributed by atoms with van der Waals surface area (Å²) in [5, 5.41) is 3.94. The van der Waals surface area contributed by atoms with Crippen LogP contribution in [0.2, 0.25) is 0 Å². The largest absolute Gasteiger partial charge is 0.378 e. The van der Waals surface area contributed by atoms with E-state index in [2.05, 4.69) is 39.3 Å². The van der Waals surface area contributed by atoms with Crippen molar-refractivity contribution in [3.63, 3.8) is 0 Å². The molecule has 0 radical (unpaired) electrons. The van der Waals surface area contributed by atoms with E-state index >= 15 is 0 Å². The second kappa shape index (κ2) is 5.95. The van der Waals surface area contributed by atoms with Gasteiger partial charge in [0.1, 0.15) is 0 Å². The zero-order valence-electron chi connectivity index (χ0n) is 10.7. The maximum Gasteiger partial charge on any atom is 0.213 e. The fourth-order valence-electron chi connectivity index (χ4n) is 2.39. The molecule has 1 atom stereocenters. The minimum Gasteiger partial charge on any atom is -0.378 e. The van der Waals surface area contributed by atoms with E-state index in [-0.39, 0.29) is 6.04 Å². The molecule has 2 heterocycles. The predicted molar refractivity (Wildman–Crippen MR) is 69.6 cm³/mol. The molecule has 1 aliphatic rings. The van der Waals surface area contributed by atoms with Crippen molar-refractivity contribution in [1.82, 2.24) is 15.0 Å². The fraction of sp³-hybridized carbons (Fsp3) is 0.429. The van der Waals surface area contributed by atoms with Crippen LogP contribution in [0.1, 0.15) is 17.4 Å². The van der Waals surface area contributed by atoms with Gasteiger partial charge in [0.25, 0.3) is 0 Å². The Kier molecular flexibility index (Phi) is 3.86. The molecule has 5 heteroatoms. The highest BCUT2D eigenvalue weighted by Crippen LogP contribution is 2.21. The molecule has 3 rings (SSSR count). The molecule has 0 spiro atoms. The smallest absolute Gasteiger partial charge is 0.213 e. The molecule has 1 saturated heterocycles. The van der Waals surface area contributed by atoms with Gasteiger partial charge in [0.05, 0.1) is 19.3 Å². The molecule has 0 bridgehead atoms. The van der Waals surface area contributed by atoms with Gasteiger partial charge < -0.3 is 9.26 Å². The molecule has 0 unspecified atom stereocenters. The Labute approximate surface area is 112 Å². The van der Waals surface area contributed by atoms with Crippen molar-refractivity contribution in [2.45, 2.75) is 12.5 Å². The monoisotopic (exact) mass is 259 g/mol. The average molecular weight is 259 g/mol. The van der Waals surface area contributed by atoms with Crippen molar-refractivity contribution >= 4 is 0 Å². The molecular weight excluding hydrogens is 242 g/mol. The van der Waals surface area contributed by atoms with Crippen LogP contribution in [0.3, 0.4) is 0 Å². The van der Waals surface area contributed by atoms with E-state index in [0.29, 0.717) is 12.4 Å². The molecule has 1 fully saturated rings. The number of aromatic nitrogens is 2. The molecule has 2 aromatic rings. The van der Waals surface area contributed by atoms with Gasteiger partial charge in [0, 0.05) is 13.1 Å². The Morgan fingerprint density at radius 3 is 2.95 bits per heavy atom. The van der Waals surface area contributed by atoms with E-state index in [1.165, 1.54) is 12.0 Å². The van der Waals surface area contributed by atoms with Gasteiger partial charge in [-0.15, -0.1) is 0 Å². The number of hydrogen-bond acceptors (Lipinski definition) is 5. The summed E-state index contributed by atoms with van der Waals surface area (Å²) in [5.41, 5.74) is 1.35. The van der Waals surface area contributed by atoms with Crippen molar-refractivity contribution in [3.8, 4) is 0 Å². The number of hydrogen-bond donors (Lipinski definition) is 0. The average Bonchev–Trinajstić information content (AvgIpc) is 3.01. The second-order valence-corrected chi connectivity index (χ2v) is 4.65. The molecular formula is C14H17N3O2. The van der Waals surface area contributed by atoms with Crippen LogP contribution in [0.5, 0.6) is 0 Å². The van der Waals surface area contributed by atoms with Crippen molar-refractivity contribution < 1.29 is 9.26 Å². The Morgan fingerprint density at radius 1 is 1.26 bits per heavy atom. The van der Waals surface area contributed by atoms with Gasteiger partial charge in [0.15, 0.2) is 5.82 Å². The number of ether oxygens (including phenoxy) is 1. The SMILES string of the molecule is c1ccc(CCN2CCOC[C@H]2c2ncon2)cc1. The molecule has 0 amide bonds. The van der Waals surface area contributed by atoms with Crippen LogP contribution in [0.15, 0.2) is 41.2 Å². The summed E-state index contributed by atoms with van der Waals surface area (Å²) < 4.78 is 10.4. The lowest BCUT2D eigenvalue weighted by atomic mass is 10.1. The standard InChI is InChI=1S/C14H17N3O2/c1-2-4-12(5-3-1)6-7-17-8-9-18-10-13(17)14-15-11-19-16-14/h1-5,11,13H,6-10H2/t13-/m0/s1. The summed E-state index contributed by atoms with van der Waals surface area (Å²) in [6.07, 6.45) is 2.40. The molecule has 0 saturated carbocycles. The van der Waals surface area contributed by atoms with E-state index in [0.717, 1.165) is 26.1 Å². The Bertz CT molecular complexity index is 487. The third kappa shape index (κ3) is 3.00. The highest BCUT2D eigenvalue weighted by Gasteiger charge is 2.27. The zero-order chi connectivity index (χ0) is 12.9. The summed E-state index contributed by atoms with van der Waals surface area (Å²) in [7, 11) is 0. The summed E-state index contributed by atoms with van der Waals surface area (Å²) in [5.74, 6) is 0.716. The van der Waals surface area contributed by atoms with Crippen LogP contribution in [-0.4, -0.2) is 41.3 Å². The molecule has 1 aromatic carbocycles. The molecule has 1 aromatic heterocycles. The van der Waals surface area contributed by atoms with Crippen molar-refractivity contribution in [1.29, 1.82) is 0 Å². The van der Waals surface area contributed by atoms with Gasteiger partial charge in [-0.3, -0.25) is 4.90 Å². The first-order valence-electron chi connectivity index (χ1n) is 6.55. The highest BCUT2D eigenvalue weighted by molar-refractivity contribution is 5.15. The van der Waals surface area contributed by atoms with Gasteiger partial charge in [-0.25, -0.2) is 0 Å². The van der Waals surface area contributed by atoms with Crippen LogP contribution >= 0.6 is 0 Å². The number of benzene rings is 1. The minimum atomic E-state index is 0.108. The zero-order valence-corrected chi connectivity index (χ0v) is 10.7. The van der Waals surface area contributed by atoms with Crippen LogP contribution in [0.25, 0.3) is 0 Å². The summed E-state index contributed by atoms with van der Waals surface area (Å²) >= 11 is 0. The van der Waals surface area contributed by atoms with Crippen LogP contribution in [0.4, 0.5) is 0 Å². The van der Waals surface area contributed by atoms with Gasteiger partial charge >= 0.3 is 0 Å². The maximum atomic E-state index is 5.52. The first-order valence-corrected chi connectivity index (χ1v) is 6.55. The van der Waals surface area contributed by atoms with Crippen molar-refractivity contribution in [2.75, 3.05) is 26.3 Å². The van der Waals surface area contributed by atoms with Gasteiger partial charge in [-0.2, -0.15) is 4.98 Å². The lowest BCUT2D eigenvalue weighted by Gasteiger charge is -2.33. The van der Waals surface area contributed by atoms with E-state index in [4.69, 9.17) is 9.26 Å². The number of nitrogens with zero attached hydrogens (tertiary/aromatic N) is 3. The molecule has 100 valence electrons. The van der Waals surface area contributed by atoms with Gasteiger partial charge in [0.2, 0.25) is 6.39 Å². The quantitative estimate of drug-likeness (QED) is 0.836. The second-order valence-electron chi connectivity index (χ2n) is 4.65. The molecule has 19 heavy (non-hydrogen) atoms. The molecule has 0 aliphatic carbocycles. The Morgan fingerprint density at radius 2 is 2.16 bits per heavy atom. The van der Waals surface area contributed by atoms with Crippen molar-refractivity contribution in [2.24, 2.45) is 0 Å². The van der Waals surface area contributed by atoms with Crippen LogP contribution in [-0.2, 0) is 11.2 Å². The highest BCUT2D eigenvalue weighted by atomic mass is 16.5. The minimum absolute atomic E-state index is 0.108. The first-order chi connectivity index (χ1) is 9.43. The third-order valence-electron chi connectivity index (χ3n) is 3.45. The predicted octanol–water partition coefficient (Wildman–Crippen LogP) is 1.69. The Balaban J connectivity index is 1.64. The van der Waals surface area contributed by atoms with Gasteiger partial charge in [-0.1, -0.05) is 35.5 Å². The lowest BCUT2D eigenvalue weighted by molar-refractivity contribution is -0.0118. The first kappa shape index (κ1) is 12.3. The van der Waals surface area contributed by atoms with Crippen molar-refractivity contribution in [3.05, 3.63) is 48.1 Å². The molecule has 0 N–H and O–H groups in total. The summed E-state index contributed by atoms with van der Waals surface area (Å²) in [4.78, 5) is 6.51. The third-order valence-corrected chi connectivity index (χ3v) is 3.45. The fourth-order valence-corrected chi connectivity index (χ4v) is 2.39. The number of morpholine rings is 1. The summed E-state index contributed by atoms with van der Waals surface area (Å²) in [6.45, 7) is 3.29. The maximum absolute atomic E-state index is 5.52. The topological polar surface area (TPSA) is 51.4 Å². The molecule has 5 nitrogen and oxygen atoms in total. The van der Waals surface area contributed by atoms with Crippen LogP contribution in [0, 0.1) is 0 Å². The Hall–Kier alpha value is -1.72. The van der Waals surface area contributed by atoms with E-state index in [1.807, 2.05) is 6.07 Å². The molecule has 1 aliphatic heterocycles. The van der Waals surface area contributed by atoms with E-state index in [9.17, 15) is 0 Å². The normalized spacial score (nSPS) is 20.5. The van der Waals surface area contributed by atoms with Crippen LogP contribution < -0.4 is 0 Å². The van der Waals surface area contributed by atoms with Gasteiger partial charge in [-0.05, 0) is 12.0 Å². The van der Waals surface area contributed by atoms with E-state index < -0.39 is 0 Å². The lowest BCUT2D eigenvalue weighted by Crippen LogP contribution is -2.41. The summed E-state index contributed by atoms with van der Waals surface area (Å²) in [6, 6.07) is 10.6.